The predicted molar refractivity (Wildman–Crippen MR) is 78.7 cm³/mol. The summed E-state index contributed by atoms with van der Waals surface area (Å²) >= 11 is 5.47. The number of fused-ring (bicyclic) bond motifs is 1. The van der Waals surface area contributed by atoms with Crippen LogP contribution in [0.5, 0.6) is 0 Å². The van der Waals surface area contributed by atoms with E-state index in [1.807, 2.05) is 0 Å². The molecule has 2 N–H and O–H groups in total. The highest BCUT2D eigenvalue weighted by molar-refractivity contribution is 7.80. The van der Waals surface area contributed by atoms with Crippen LogP contribution in [0.2, 0.25) is 0 Å². The normalized spacial score (nSPS) is 23.4. The second-order valence-electron chi connectivity index (χ2n) is 5.18. The zero-order valence-electron chi connectivity index (χ0n) is 10.5. The molecule has 3 rings (SSSR count). The first-order chi connectivity index (χ1) is 8.83. The standard InChI is InChI=1S/C14H19N3S/c18-14-16-13-6-2-1-5-12(13)10-17(14)9-11-4-3-7-15-8-11/h1-2,5-6,11,15H,3-4,7-10H2,(H,16,18)/t11-/m1/s1. The first-order valence-corrected chi connectivity index (χ1v) is 7.08. The van der Waals surface area contributed by atoms with Crippen molar-refractivity contribution in [3.8, 4) is 0 Å². The van der Waals surface area contributed by atoms with Crippen LogP contribution >= 0.6 is 12.2 Å². The molecule has 0 unspecified atom stereocenters. The molecule has 2 aliphatic rings. The van der Waals surface area contributed by atoms with Gasteiger partial charge in [0.25, 0.3) is 0 Å². The monoisotopic (exact) mass is 261 g/mol. The van der Waals surface area contributed by atoms with Gasteiger partial charge in [0.1, 0.15) is 0 Å². The number of thiocarbonyl (C=S) groups is 1. The predicted octanol–water partition coefficient (Wildman–Crippen LogP) is 2.20. The molecule has 96 valence electrons. The number of nitrogens with zero attached hydrogens (tertiary/aromatic N) is 1. The smallest absolute Gasteiger partial charge is 0.173 e. The molecule has 0 amide bonds. The van der Waals surface area contributed by atoms with Crippen LogP contribution in [-0.2, 0) is 6.54 Å². The zero-order valence-corrected chi connectivity index (χ0v) is 11.3. The molecule has 1 aromatic carbocycles. The molecule has 2 aliphatic heterocycles. The summed E-state index contributed by atoms with van der Waals surface area (Å²) in [6.45, 7) is 4.30. The Bertz CT molecular complexity index is 440. The van der Waals surface area contributed by atoms with Gasteiger partial charge in [-0.05, 0) is 55.7 Å². The van der Waals surface area contributed by atoms with Gasteiger partial charge in [-0.1, -0.05) is 18.2 Å². The highest BCUT2D eigenvalue weighted by Crippen LogP contribution is 2.24. The summed E-state index contributed by atoms with van der Waals surface area (Å²) in [6, 6.07) is 8.42. The minimum absolute atomic E-state index is 0.726. The summed E-state index contributed by atoms with van der Waals surface area (Å²) < 4.78 is 0. The summed E-state index contributed by atoms with van der Waals surface area (Å²) in [5.41, 5.74) is 2.51. The molecule has 18 heavy (non-hydrogen) atoms. The maximum absolute atomic E-state index is 5.47. The number of benzene rings is 1. The Morgan fingerprint density at radius 1 is 1.33 bits per heavy atom. The van der Waals surface area contributed by atoms with Crippen LogP contribution < -0.4 is 10.6 Å². The van der Waals surface area contributed by atoms with Crippen molar-refractivity contribution in [2.24, 2.45) is 5.92 Å². The molecule has 4 heteroatoms. The Morgan fingerprint density at radius 2 is 2.22 bits per heavy atom. The van der Waals surface area contributed by atoms with E-state index in [4.69, 9.17) is 12.2 Å². The van der Waals surface area contributed by atoms with E-state index in [9.17, 15) is 0 Å². The Balaban J connectivity index is 1.68. The molecule has 3 nitrogen and oxygen atoms in total. The lowest BCUT2D eigenvalue weighted by Gasteiger charge is -2.35. The van der Waals surface area contributed by atoms with Crippen molar-refractivity contribution in [1.29, 1.82) is 0 Å². The van der Waals surface area contributed by atoms with Gasteiger partial charge in [0, 0.05) is 18.8 Å². The van der Waals surface area contributed by atoms with E-state index in [0.717, 1.165) is 30.7 Å². The van der Waals surface area contributed by atoms with Crippen molar-refractivity contribution in [2.45, 2.75) is 19.4 Å². The van der Waals surface area contributed by atoms with E-state index in [1.54, 1.807) is 0 Å². The van der Waals surface area contributed by atoms with Crippen LogP contribution in [0, 0.1) is 5.92 Å². The summed E-state index contributed by atoms with van der Waals surface area (Å²) in [5, 5.41) is 7.68. The van der Waals surface area contributed by atoms with E-state index in [1.165, 1.54) is 30.6 Å². The number of hydrogen-bond acceptors (Lipinski definition) is 2. The molecule has 1 fully saturated rings. The molecular formula is C14H19N3S. The fourth-order valence-corrected chi connectivity index (χ4v) is 3.04. The number of para-hydroxylation sites is 1. The topological polar surface area (TPSA) is 27.3 Å². The molecular weight excluding hydrogens is 242 g/mol. The molecule has 0 spiro atoms. The molecule has 0 saturated carbocycles. The van der Waals surface area contributed by atoms with Gasteiger partial charge >= 0.3 is 0 Å². The van der Waals surface area contributed by atoms with Gasteiger partial charge in [0.2, 0.25) is 0 Å². The second kappa shape index (κ2) is 5.24. The van der Waals surface area contributed by atoms with Gasteiger partial charge in [-0.15, -0.1) is 0 Å². The molecule has 1 atom stereocenters. The fourth-order valence-electron chi connectivity index (χ4n) is 2.79. The van der Waals surface area contributed by atoms with Gasteiger partial charge < -0.3 is 15.5 Å². The molecule has 2 heterocycles. The van der Waals surface area contributed by atoms with Crippen molar-refractivity contribution in [2.75, 3.05) is 25.0 Å². The molecule has 0 bridgehead atoms. The van der Waals surface area contributed by atoms with Crippen molar-refractivity contribution in [1.82, 2.24) is 10.2 Å². The number of anilines is 1. The Hall–Kier alpha value is -1.13. The Labute approximate surface area is 114 Å². The highest BCUT2D eigenvalue weighted by atomic mass is 32.1. The van der Waals surface area contributed by atoms with Crippen molar-refractivity contribution in [3.63, 3.8) is 0 Å². The molecule has 0 aliphatic carbocycles. The van der Waals surface area contributed by atoms with Crippen molar-refractivity contribution >= 4 is 23.0 Å². The maximum atomic E-state index is 5.47. The van der Waals surface area contributed by atoms with Crippen LogP contribution in [0.25, 0.3) is 0 Å². The van der Waals surface area contributed by atoms with Crippen LogP contribution in [0.3, 0.4) is 0 Å². The first kappa shape index (κ1) is 11.9. The molecule has 0 radical (unpaired) electrons. The third-order valence-corrected chi connectivity index (χ3v) is 4.15. The maximum Gasteiger partial charge on any atom is 0.173 e. The van der Waals surface area contributed by atoms with E-state index in [2.05, 4.69) is 39.8 Å². The van der Waals surface area contributed by atoms with Crippen LogP contribution in [0.4, 0.5) is 5.69 Å². The van der Waals surface area contributed by atoms with Gasteiger partial charge in [0.05, 0.1) is 0 Å². The summed E-state index contributed by atoms with van der Waals surface area (Å²) in [6.07, 6.45) is 2.60. The van der Waals surface area contributed by atoms with Crippen molar-refractivity contribution in [3.05, 3.63) is 29.8 Å². The second-order valence-corrected chi connectivity index (χ2v) is 5.57. The largest absolute Gasteiger partial charge is 0.344 e. The lowest BCUT2D eigenvalue weighted by molar-refractivity contribution is 0.282. The van der Waals surface area contributed by atoms with E-state index < -0.39 is 0 Å². The lowest BCUT2D eigenvalue weighted by atomic mass is 9.98. The number of piperidine rings is 1. The van der Waals surface area contributed by atoms with Crippen LogP contribution in [0.1, 0.15) is 18.4 Å². The minimum Gasteiger partial charge on any atom is -0.344 e. The van der Waals surface area contributed by atoms with Gasteiger partial charge in [-0.3, -0.25) is 0 Å². The Kier molecular flexibility index (Phi) is 3.48. The van der Waals surface area contributed by atoms with E-state index in [-0.39, 0.29) is 0 Å². The number of rotatable bonds is 2. The van der Waals surface area contributed by atoms with E-state index in [0.29, 0.717) is 0 Å². The fraction of sp³-hybridized carbons (Fsp3) is 0.500. The summed E-state index contributed by atoms with van der Waals surface area (Å²) in [7, 11) is 0. The van der Waals surface area contributed by atoms with Crippen LogP contribution in [0.15, 0.2) is 24.3 Å². The van der Waals surface area contributed by atoms with Gasteiger partial charge in [0.15, 0.2) is 5.11 Å². The Morgan fingerprint density at radius 3 is 3.06 bits per heavy atom. The first-order valence-electron chi connectivity index (χ1n) is 6.67. The molecule has 1 aromatic rings. The van der Waals surface area contributed by atoms with Crippen molar-refractivity contribution < 1.29 is 0 Å². The number of nitrogens with one attached hydrogen (secondary N) is 2. The average molecular weight is 261 g/mol. The number of hydrogen-bond donors (Lipinski definition) is 2. The SMILES string of the molecule is S=C1Nc2ccccc2CN1C[C@@H]1CCCNC1. The zero-order chi connectivity index (χ0) is 12.4. The summed E-state index contributed by atoms with van der Waals surface area (Å²) in [4.78, 5) is 2.30. The molecule has 1 saturated heterocycles. The third kappa shape index (κ3) is 2.49. The minimum atomic E-state index is 0.726. The quantitative estimate of drug-likeness (QED) is 0.798. The van der Waals surface area contributed by atoms with Gasteiger partial charge in [-0.2, -0.15) is 0 Å². The van der Waals surface area contributed by atoms with Gasteiger partial charge in [-0.25, -0.2) is 0 Å². The lowest BCUT2D eigenvalue weighted by Crippen LogP contribution is -2.44. The van der Waals surface area contributed by atoms with E-state index >= 15 is 0 Å². The molecule has 0 aromatic heterocycles. The third-order valence-electron chi connectivity index (χ3n) is 3.78. The summed E-state index contributed by atoms with van der Waals surface area (Å²) in [5.74, 6) is 0.726. The highest BCUT2D eigenvalue weighted by Gasteiger charge is 2.23. The van der Waals surface area contributed by atoms with Crippen LogP contribution in [-0.4, -0.2) is 29.6 Å². The average Bonchev–Trinajstić information content (AvgIpc) is 2.41.